The van der Waals surface area contributed by atoms with Crippen LogP contribution < -0.4 is 54.0 Å². The molecule has 26 heteroatoms. The normalized spacial score (nSPS) is 15.5. The number of benzene rings is 1. The van der Waals surface area contributed by atoms with Crippen molar-refractivity contribution in [2.45, 2.75) is 88.6 Å². The second kappa shape index (κ2) is 26.7. The minimum atomic E-state index is -1.69. The molecule has 2 aromatic rings. The molecule has 10 amide bonds. The zero-order valence-corrected chi connectivity index (χ0v) is 37.1. The van der Waals surface area contributed by atoms with E-state index in [2.05, 4.69) is 42.2 Å². The molecule has 1 aromatic carbocycles. The maximum atomic E-state index is 13.6. The van der Waals surface area contributed by atoms with Gasteiger partial charge in [-0.25, -0.2) is 4.79 Å². The summed E-state index contributed by atoms with van der Waals surface area (Å²) in [6.45, 7) is -0.699. The third-order valence-corrected chi connectivity index (χ3v) is 10.3. The fourth-order valence-corrected chi connectivity index (χ4v) is 6.83. The van der Waals surface area contributed by atoms with Gasteiger partial charge in [0.05, 0.1) is 45.4 Å². The van der Waals surface area contributed by atoms with Crippen molar-refractivity contribution in [3.63, 3.8) is 0 Å². The number of hydrogen-bond acceptors (Lipinski definition) is 14. The van der Waals surface area contributed by atoms with Crippen LogP contribution in [-0.4, -0.2) is 172 Å². The van der Waals surface area contributed by atoms with E-state index in [0.717, 1.165) is 16.5 Å². The standard InChI is InChI=1S/C41H60N12O14/c1-21(2)12-27(51-36(61)24(42)13-22-14-44-25-7-4-3-6-23(22)25)38(63)50-26(9-10-31(43)56)37(62)47-15-33(58)46-18-35(60)53-11-5-8-30(53)40(65)48-16-32(57)45-17-34(59)49-28(19-54)39(64)52-29(20-55)41(66)67/h3-4,6-7,14,21,24,26-30,44,54-55H,5,8-13,15-20,42H2,1-2H3,(H2,43,56)(H,45,57)(H,46,58)(H,47,62)(H,48,65)(H,49,59)(H,50,63)(H,51,61)(H,52,64)(H,66,67)/t24-,26-,27-,28-,29-,30-/m0/s1. The minimum absolute atomic E-state index is 0.0923. The zero-order valence-electron chi connectivity index (χ0n) is 37.1. The van der Waals surface area contributed by atoms with Crippen molar-refractivity contribution < 1.29 is 68.1 Å². The van der Waals surface area contributed by atoms with Crippen LogP contribution in [0.15, 0.2) is 30.5 Å². The Morgan fingerprint density at radius 3 is 1.97 bits per heavy atom. The molecule has 1 fully saturated rings. The van der Waals surface area contributed by atoms with Crippen LogP contribution in [0.1, 0.15) is 51.5 Å². The van der Waals surface area contributed by atoms with Gasteiger partial charge in [0.15, 0.2) is 0 Å². The fraction of sp³-hybridized carbons (Fsp3) is 0.537. The lowest BCUT2D eigenvalue weighted by atomic mass is 10.0. The predicted molar refractivity (Wildman–Crippen MR) is 234 cm³/mol. The summed E-state index contributed by atoms with van der Waals surface area (Å²) in [6, 6.07) is -0.363. The molecule has 1 aliphatic heterocycles. The molecule has 0 spiro atoms. The monoisotopic (exact) mass is 944 g/mol. The number of nitrogens with two attached hydrogens (primary N) is 2. The molecule has 0 radical (unpaired) electrons. The Balaban J connectivity index is 1.47. The molecular formula is C41H60N12O14. The van der Waals surface area contributed by atoms with E-state index < -0.39 is 141 Å². The maximum Gasteiger partial charge on any atom is 0.328 e. The summed E-state index contributed by atoms with van der Waals surface area (Å²) >= 11 is 0. The first-order valence-electron chi connectivity index (χ1n) is 21.4. The van der Waals surface area contributed by atoms with Crippen molar-refractivity contribution in [1.82, 2.24) is 52.4 Å². The second-order valence-electron chi connectivity index (χ2n) is 16.0. The first kappa shape index (κ1) is 54.1. The lowest BCUT2D eigenvalue weighted by Crippen LogP contribution is -2.57. The first-order valence-corrected chi connectivity index (χ1v) is 21.4. The van der Waals surface area contributed by atoms with Crippen LogP contribution in [0.4, 0.5) is 0 Å². The van der Waals surface area contributed by atoms with Crippen molar-refractivity contribution in [2.75, 3.05) is 45.9 Å². The van der Waals surface area contributed by atoms with E-state index >= 15 is 0 Å². The summed E-state index contributed by atoms with van der Waals surface area (Å²) in [5.74, 6) is -9.76. The SMILES string of the molecule is CC(C)C[C@H](NC(=O)[C@@H](N)Cc1c[nH]c2ccccc12)C(=O)N[C@@H](CCC(N)=O)C(=O)NCC(=O)NCC(=O)N1CCC[C@H]1C(=O)NCC(=O)NCC(=O)N[C@@H](CO)C(=O)N[C@@H](CO)C(=O)O. The van der Waals surface area contributed by atoms with Gasteiger partial charge < -0.3 is 79.2 Å². The molecule has 16 N–H and O–H groups in total. The van der Waals surface area contributed by atoms with Crippen molar-refractivity contribution in [1.29, 1.82) is 0 Å². The molecular weight excluding hydrogens is 885 g/mol. The number of hydrogen-bond donors (Lipinski definition) is 14. The third-order valence-electron chi connectivity index (χ3n) is 10.3. The largest absolute Gasteiger partial charge is 0.480 e. The van der Waals surface area contributed by atoms with Gasteiger partial charge in [0.2, 0.25) is 59.1 Å². The number of primary amides is 1. The van der Waals surface area contributed by atoms with Crippen LogP contribution in [-0.2, 0) is 59.2 Å². The van der Waals surface area contributed by atoms with E-state index in [9.17, 15) is 57.8 Å². The Morgan fingerprint density at radius 2 is 1.33 bits per heavy atom. The highest BCUT2D eigenvalue weighted by atomic mass is 16.4. The average Bonchev–Trinajstić information content (AvgIpc) is 3.95. The van der Waals surface area contributed by atoms with E-state index in [1.807, 2.05) is 43.4 Å². The van der Waals surface area contributed by atoms with Gasteiger partial charge in [0, 0.05) is 30.1 Å². The number of aromatic amines is 1. The summed E-state index contributed by atoms with van der Waals surface area (Å²) in [4.78, 5) is 142. The summed E-state index contributed by atoms with van der Waals surface area (Å²) in [6.07, 6.45) is 2.14. The number of carbonyl (C=O) groups is 11. The zero-order chi connectivity index (χ0) is 49.8. The number of aliphatic hydroxyl groups is 2. The van der Waals surface area contributed by atoms with Gasteiger partial charge in [0.1, 0.15) is 30.2 Å². The summed E-state index contributed by atoms with van der Waals surface area (Å²) in [5.41, 5.74) is 13.2. The van der Waals surface area contributed by atoms with Crippen LogP contribution in [0, 0.1) is 5.92 Å². The van der Waals surface area contributed by atoms with Crippen LogP contribution in [0.5, 0.6) is 0 Å². The molecule has 0 saturated carbocycles. The molecule has 368 valence electrons. The van der Waals surface area contributed by atoms with Gasteiger partial charge in [-0.05, 0) is 49.7 Å². The van der Waals surface area contributed by atoms with Crippen LogP contribution in [0.2, 0.25) is 0 Å². The number of H-pyrrole nitrogens is 1. The van der Waals surface area contributed by atoms with Gasteiger partial charge in [-0.15, -0.1) is 0 Å². The Bertz CT molecular complexity index is 2130. The topological polar surface area (TPSA) is 416 Å². The van der Waals surface area contributed by atoms with Gasteiger partial charge >= 0.3 is 5.97 Å². The number of carbonyl (C=O) groups excluding carboxylic acids is 10. The van der Waals surface area contributed by atoms with Crippen molar-refractivity contribution in [3.05, 3.63) is 36.0 Å². The summed E-state index contributed by atoms with van der Waals surface area (Å²) in [5, 5.41) is 46.7. The van der Waals surface area contributed by atoms with Crippen molar-refractivity contribution >= 4 is 75.9 Å². The van der Waals surface area contributed by atoms with Gasteiger partial charge in [-0.1, -0.05) is 32.0 Å². The van der Waals surface area contributed by atoms with Crippen molar-refractivity contribution in [3.8, 4) is 0 Å². The lowest BCUT2D eigenvalue weighted by molar-refractivity contribution is -0.143. The van der Waals surface area contributed by atoms with E-state index in [1.54, 1.807) is 6.20 Å². The number of aromatic nitrogens is 1. The Hall–Kier alpha value is -7.19. The van der Waals surface area contributed by atoms with Gasteiger partial charge in [-0.2, -0.15) is 0 Å². The second-order valence-corrected chi connectivity index (χ2v) is 16.0. The highest BCUT2D eigenvalue weighted by molar-refractivity contribution is 5.97. The minimum Gasteiger partial charge on any atom is -0.480 e. The quantitative estimate of drug-likeness (QED) is 0.0396. The molecule has 67 heavy (non-hydrogen) atoms. The molecule has 0 bridgehead atoms. The third kappa shape index (κ3) is 17.6. The molecule has 1 aliphatic rings. The number of aliphatic carboxylic acids is 1. The Labute approximate surface area is 383 Å². The number of carboxylic acid groups (broad SMARTS) is 1. The van der Waals surface area contributed by atoms with Crippen LogP contribution in [0.3, 0.4) is 0 Å². The summed E-state index contributed by atoms with van der Waals surface area (Å²) < 4.78 is 0. The fourth-order valence-electron chi connectivity index (χ4n) is 6.83. The van der Waals surface area contributed by atoms with E-state index in [4.69, 9.17) is 21.7 Å². The molecule has 0 aliphatic carbocycles. The molecule has 2 heterocycles. The first-order chi connectivity index (χ1) is 31.7. The van der Waals surface area contributed by atoms with E-state index in [1.165, 1.54) is 4.90 Å². The number of amides is 10. The Morgan fingerprint density at radius 1 is 0.731 bits per heavy atom. The van der Waals surface area contributed by atoms with E-state index in [0.29, 0.717) is 6.42 Å². The van der Waals surface area contributed by atoms with E-state index in [-0.39, 0.29) is 44.6 Å². The maximum absolute atomic E-state index is 13.6. The Kier molecular flexibility index (Phi) is 21.6. The number of nitrogens with one attached hydrogen (secondary N) is 9. The lowest BCUT2D eigenvalue weighted by Gasteiger charge is -2.25. The highest BCUT2D eigenvalue weighted by Gasteiger charge is 2.35. The smallest absolute Gasteiger partial charge is 0.328 e. The number of aliphatic hydroxyl groups excluding tert-OH is 2. The molecule has 3 rings (SSSR count). The average molecular weight is 945 g/mol. The number of likely N-dealkylation sites (tertiary alicyclic amines) is 1. The number of nitrogens with zero attached hydrogens (tertiary/aromatic N) is 1. The highest BCUT2D eigenvalue weighted by Crippen LogP contribution is 2.19. The van der Waals surface area contributed by atoms with Gasteiger partial charge in [-0.3, -0.25) is 47.9 Å². The molecule has 6 atom stereocenters. The number of para-hydroxylation sites is 1. The molecule has 0 unspecified atom stereocenters. The van der Waals surface area contributed by atoms with Crippen LogP contribution in [0.25, 0.3) is 10.9 Å². The van der Waals surface area contributed by atoms with Gasteiger partial charge in [0.25, 0.3) is 0 Å². The number of fused-ring (bicyclic) bond motifs is 1. The van der Waals surface area contributed by atoms with Crippen LogP contribution >= 0.6 is 0 Å². The number of rotatable bonds is 27. The van der Waals surface area contributed by atoms with Crippen molar-refractivity contribution in [2.24, 2.45) is 17.4 Å². The summed E-state index contributed by atoms with van der Waals surface area (Å²) in [7, 11) is 0. The molecule has 1 aromatic heterocycles. The number of carboxylic acids is 1. The molecule has 1 saturated heterocycles. The molecule has 26 nitrogen and oxygen atoms in total. The predicted octanol–water partition coefficient (Wildman–Crippen LogP) is -6.19.